The van der Waals surface area contributed by atoms with E-state index in [-0.39, 0.29) is 35.7 Å². The van der Waals surface area contributed by atoms with Crippen LogP contribution in [-0.4, -0.2) is 70.9 Å². The molecular formula is C17H23ClN4O5. The zero-order valence-electron chi connectivity index (χ0n) is 14.8. The molecule has 27 heavy (non-hydrogen) atoms. The Labute approximate surface area is 162 Å². The molecular weight excluding hydrogens is 376 g/mol. The van der Waals surface area contributed by atoms with Gasteiger partial charge in [0.25, 0.3) is 5.91 Å². The van der Waals surface area contributed by atoms with Crippen LogP contribution in [0.25, 0.3) is 0 Å². The van der Waals surface area contributed by atoms with Crippen molar-refractivity contribution in [3.8, 4) is 5.75 Å². The van der Waals surface area contributed by atoms with Crippen LogP contribution in [0, 0.1) is 16.0 Å². The molecule has 1 atom stereocenters. The Kier molecular flexibility index (Phi) is 6.98. The maximum Gasteiger partial charge on any atom is 0.310 e. The van der Waals surface area contributed by atoms with E-state index in [1.807, 2.05) is 4.90 Å². The first-order valence-electron chi connectivity index (χ1n) is 8.73. The van der Waals surface area contributed by atoms with Crippen LogP contribution in [0.4, 0.5) is 5.69 Å². The van der Waals surface area contributed by atoms with Gasteiger partial charge in [-0.3, -0.25) is 19.7 Å². The number of rotatable bonds is 3. The molecule has 2 aliphatic heterocycles. The Bertz CT molecular complexity index is 723. The van der Waals surface area contributed by atoms with Crippen molar-refractivity contribution >= 4 is 29.9 Å². The van der Waals surface area contributed by atoms with E-state index in [9.17, 15) is 24.8 Å². The van der Waals surface area contributed by atoms with E-state index in [2.05, 4.69) is 5.32 Å². The molecule has 2 N–H and O–H groups in total. The number of halogens is 1. The van der Waals surface area contributed by atoms with Gasteiger partial charge >= 0.3 is 5.69 Å². The molecule has 1 unspecified atom stereocenters. The first kappa shape index (κ1) is 20.9. The molecule has 2 saturated heterocycles. The number of amides is 2. The number of nitro benzene ring substituents is 1. The molecule has 2 amide bonds. The Morgan fingerprint density at radius 3 is 2.52 bits per heavy atom. The van der Waals surface area contributed by atoms with Gasteiger partial charge in [-0.1, -0.05) is 0 Å². The van der Waals surface area contributed by atoms with E-state index in [1.165, 1.54) is 6.07 Å². The van der Waals surface area contributed by atoms with Gasteiger partial charge in [0, 0.05) is 50.9 Å². The fourth-order valence-electron chi connectivity index (χ4n) is 3.50. The summed E-state index contributed by atoms with van der Waals surface area (Å²) < 4.78 is 0. The number of hydrogen-bond donors (Lipinski definition) is 2. The highest BCUT2D eigenvalue weighted by molar-refractivity contribution is 5.95. The third-order valence-corrected chi connectivity index (χ3v) is 4.91. The SMILES string of the molecule is Cl.O=C(c1ccc([N+](=O)[O-])c(O)c1)N1CCCC(C(=O)N2CCNCC2)C1. The lowest BCUT2D eigenvalue weighted by Crippen LogP contribution is -2.52. The molecule has 3 rings (SSSR count). The minimum Gasteiger partial charge on any atom is -0.502 e. The summed E-state index contributed by atoms with van der Waals surface area (Å²) in [4.78, 5) is 38.9. The molecule has 10 heteroatoms. The molecule has 1 aromatic rings. The monoisotopic (exact) mass is 398 g/mol. The third kappa shape index (κ3) is 4.67. The van der Waals surface area contributed by atoms with Gasteiger partial charge in [-0.15, -0.1) is 12.4 Å². The number of carbonyl (C=O) groups excluding carboxylic acids is 2. The predicted molar refractivity (Wildman–Crippen MR) is 100 cm³/mol. The van der Waals surface area contributed by atoms with Crippen LogP contribution in [0.1, 0.15) is 23.2 Å². The molecule has 2 aliphatic rings. The maximum atomic E-state index is 12.7. The van der Waals surface area contributed by atoms with Crippen LogP contribution in [0.2, 0.25) is 0 Å². The van der Waals surface area contributed by atoms with E-state index < -0.39 is 16.4 Å². The van der Waals surface area contributed by atoms with Crippen molar-refractivity contribution in [2.45, 2.75) is 12.8 Å². The first-order chi connectivity index (χ1) is 12.5. The molecule has 0 spiro atoms. The van der Waals surface area contributed by atoms with Crippen molar-refractivity contribution in [2.75, 3.05) is 39.3 Å². The standard InChI is InChI=1S/C17H22N4O5.ClH/c22-15-10-12(3-4-14(15)21(25)26)16(23)20-7-1-2-13(11-20)17(24)19-8-5-18-6-9-19;/h3-4,10,13,18,22H,1-2,5-9,11H2;1H. The Balaban J connectivity index is 0.00000261. The predicted octanol–water partition coefficient (Wildman–Crippen LogP) is 1.01. The average Bonchev–Trinajstić information content (AvgIpc) is 2.67. The fraction of sp³-hybridized carbons (Fsp3) is 0.529. The normalized spacial score (nSPS) is 19.9. The summed E-state index contributed by atoms with van der Waals surface area (Å²) in [6, 6.07) is 3.57. The van der Waals surface area contributed by atoms with Gasteiger partial charge in [0.15, 0.2) is 5.75 Å². The molecule has 148 valence electrons. The molecule has 0 saturated carbocycles. The number of phenols is 1. The number of nitrogens with zero attached hydrogens (tertiary/aromatic N) is 3. The number of likely N-dealkylation sites (tertiary alicyclic amines) is 1. The number of benzene rings is 1. The summed E-state index contributed by atoms with van der Waals surface area (Å²) in [6.45, 7) is 3.78. The molecule has 0 radical (unpaired) electrons. The second-order valence-electron chi connectivity index (χ2n) is 6.63. The summed E-state index contributed by atoms with van der Waals surface area (Å²) in [6.07, 6.45) is 1.48. The summed E-state index contributed by atoms with van der Waals surface area (Å²) in [5.41, 5.74) is -0.254. The van der Waals surface area contributed by atoms with Gasteiger partial charge < -0.3 is 20.2 Å². The molecule has 1 aromatic carbocycles. The van der Waals surface area contributed by atoms with Crippen molar-refractivity contribution in [1.29, 1.82) is 0 Å². The molecule has 0 aromatic heterocycles. The minimum absolute atomic E-state index is 0. The number of hydrogen-bond acceptors (Lipinski definition) is 6. The Morgan fingerprint density at radius 2 is 1.89 bits per heavy atom. The summed E-state index contributed by atoms with van der Waals surface area (Å²) >= 11 is 0. The van der Waals surface area contributed by atoms with Crippen molar-refractivity contribution in [3.05, 3.63) is 33.9 Å². The summed E-state index contributed by atoms with van der Waals surface area (Å²) in [5, 5.41) is 23.7. The van der Waals surface area contributed by atoms with Gasteiger partial charge in [0.2, 0.25) is 5.91 Å². The quantitative estimate of drug-likeness (QED) is 0.579. The lowest BCUT2D eigenvalue weighted by atomic mass is 9.95. The van der Waals surface area contributed by atoms with Crippen LogP contribution in [0.5, 0.6) is 5.75 Å². The first-order valence-corrected chi connectivity index (χ1v) is 8.73. The summed E-state index contributed by atoms with van der Waals surface area (Å²) in [7, 11) is 0. The van der Waals surface area contributed by atoms with E-state index in [4.69, 9.17) is 0 Å². The van der Waals surface area contributed by atoms with E-state index in [0.29, 0.717) is 26.2 Å². The smallest absolute Gasteiger partial charge is 0.310 e. The van der Waals surface area contributed by atoms with Gasteiger partial charge in [0.05, 0.1) is 10.8 Å². The highest BCUT2D eigenvalue weighted by Crippen LogP contribution is 2.28. The highest BCUT2D eigenvalue weighted by atomic mass is 35.5. The second kappa shape index (κ2) is 9.01. The number of piperidine rings is 1. The van der Waals surface area contributed by atoms with Gasteiger partial charge in [0.1, 0.15) is 0 Å². The van der Waals surface area contributed by atoms with Crippen LogP contribution >= 0.6 is 12.4 Å². The van der Waals surface area contributed by atoms with E-state index in [0.717, 1.165) is 38.1 Å². The minimum atomic E-state index is -0.702. The van der Waals surface area contributed by atoms with E-state index >= 15 is 0 Å². The number of phenolic OH excluding ortho intramolecular Hbond substituents is 1. The second-order valence-corrected chi connectivity index (χ2v) is 6.63. The van der Waals surface area contributed by atoms with Gasteiger partial charge in [-0.25, -0.2) is 0 Å². The number of aromatic hydroxyl groups is 1. The maximum absolute atomic E-state index is 12.7. The highest BCUT2D eigenvalue weighted by Gasteiger charge is 2.32. The lowest BCUT2D eigenvalue weighted by Gasteiger charge is -2.36. The average molecular weight is 399 g/mol. The topological polar surface area (TPSA) is 116 Å². The number of nitro groups is 1. The van der Waals surface area contributed by atoms with Crippen LogP contribution in [0.3, 0.4) is 0 Å². The summed E-state index contributed by atoms with van der Waals surface area (Å²) in [5.74, 6) is -1.01. The van der Waals surface area contributed by atoms with Gasteiger partial charge in [-0.05, 0) is 25.0 Å². The molecule has 2 heterocycles. The van der Waals surface area contributed by atoms with Crippen molar-refractivity contribution in [2.24, 2.45) is 5.92 Å². The van der Waals surface area contributed by atoms with Crippen molar-refractivity contribution in [1.82, 2.24) is 15.1 Å². The molecule has 9 nitrogen and oxygen atoms in total. The Hall–Kier alpha value is -2.39. The fourth-order valence-corrected chi connectivity index (χ4v) is 3.50. The molecule has 0 aliphatic carbocycles. The molecule has 0 bridgehead atoms. The number of piperazine rings is 1. The van der Waals surface area contributed by atoms with Crippen LogP contribution in [0.15, 0.2) is 18.2 Å². The third-order valence-electron chi connectivity index (χ3n) is 4.91. The van der Waals surface area contributed by atoms with Crippen molar-refractivity contribution in [3.63, 3.8) is 0 Å². The molecule has 2 fully saturated rings. The van der Waals surface area contributed by atoms with E-state index in [1.54, 1.807) is 4.90 Å². The Morgan fingerprint density at radius 1 is 1.19 bits per heavy atom. The largest absolute Gasteiger partial charge is 0.502 e. The number of carbonyl (C=O) groups is 2. The zero-order valence-corrected chi connectivity index (χ0v) is 15.6. The van der Waals surface area contributed by atoms with Crippen LogP contribution in [-0.2, 0) is 4.79 Å². The lowest BCUT2D eigenvalue weighted by molar-refractivity contribution is -0.385. The van der Waals surface area contributed by atoms with Crippen LogP contribution < -0.4 is 5.32 Å². The van der Waals surface area contributed by atoms with Crippen molar-refractivity contribution < 1.29 is 19.6 Å². The van der Waals surface area contributed by atoms with Gasteiger partial charge in [-0.2, -0.15) is 0 Å². The number of nitrogens with one attached hydrogen (secondary N) is 1. The zero-order chi connectivity index (χ0) is 18.7.